The summed E-state index contributed by atoms with van der Waals surface area (Å²) in [7, 11) is -3.26. The van der Waals surface area contributed by atoms with E-state index in [0.29, 0.717) is 25.5 Å². The number of nitrogens with zero attached hydrogens (tertiary/aromatic N) is 1. The van der Waals surface area contributed by atoms with Crippen molar-refractivity contribution in [3.8, 4) is 17.2 Å². The highest BCUT2D eigenvalue weighted by Gasteiger charge is 2.31. The van der Waals surface area contributed by atoms with Crippen LogP contribution in [0.2, 0.25) is 0 Å². The number of benzene rings is 2. The Morgan fingerprint density at radius 2 is 1.80 bits per heavy atom. The first-order valence-electron chi connectivity index (χ1n) is 10.0. The molecule has 160 valence electrons. The fourth-order valence-corrected chi connectivity index (χ4v) is 4.44. The predicted octanol–water partition coefficient (Wildman–Crippen LogP) is 2.99. The lowest BCUT2D eigenvalue weighted by Crippen LogP contribution is -2.34. The van der Waals surface area contributed by atoms with E-state index in [0.717, 1.165) is 42.6 Å². The number of hydrogen-bond donors (Lipinski definition) is 0. The van der Waals surface area contributed by atoms with E-state index in [1.165, 1.54) is 12.1 Å². The molecule has 0 aliphatic carbocycles. The lowest BCUT2D eigenvalue weighted by Gasteiger charge is -2.25. The Morgan fingerprint density at radius 1 is 1.07 bits per heavy atom. The summed E-state index contributed by atoms with van der Waals surface area (Å²) in [5, 5.41) is 0. The molecule has 4 rings (SSSR count). The minimum atomic E-state index is -3.26. The van der Waals surface area contributed by atoms with Gasteiger partial charge in [-0.05, 0) is 54.8 Å². The molecule has 1 saturated heterocycles. The Kier molecular flexibility index (Phi) is 5.85. The zero-order valence-corrected chi connectivity index (χ0v) is 17.7. The van der Waals surface area contributed by atoms with Gasteiger partial charge >= 0.3 is 0 Å². The molecule has 0 saturated carbocycles. The average molecular weight is 432 g/mol. The summed E-state index contributed by atoms with van der Waals surface area (Å²) < 4.78 is 40.2. The van der Waals surface area contributed by atoms with Crippen molar-refractivity contribution in [2.24, 2.45) is 0 Å². The number of sulfone groups is 1. The summed E-state index contributed by atoms with van der Waals surface area (Å²) in [4.78, 5) is 14.9. The van der Waals surface area contributed by atoms with Crippen molar-refractivity contribution in [1.29, 1.82) is 0 Å². The minimum absolute atomic E-state index is 0.0223. The second kappa shape index (κ2) is 8.55. The van der Waals surface area contributed by atoms with E-state index in [9.17, 15) is 13.2 Å². The monoisotopic (exact) mass is 431 g/mol. The van der Waals surface area contributed by atoms with E-state index in [-0.39, 0.29) is 23.5 Å². The number of rotatable bonds is 5. The van der Waals surface area contributed by atoms with Gasteiger partial charge in [-0.25, -0.2) is 8.42 Å². The zero-order chi connectivity index (χ0) is 21.1. The molecule has 2 aromatic rings. The van der Waals surface area contributed by atoms with Gasteiger partial charge in [0.1, 0.15) is 5.75 Å². The van der Waals surface area contributed by atoms with Crippen LogP contribution in [-0.4, -0.2) is 51.8 Å². The van der Waals surface area contributed by atoms with Crippen LogP contribution in [0.1, 0.15) is 30.9 Å². The van der Waals surface area contributed by atoms with Gasteiger partial charge in [0.05, 0.1) is 24.2 Å². The van der Waals surface area contributed by atoms with Crippen molar-refractivity contribution >= 4 is 15.7 Å². The van der Waals surface area contributed by atoms with Crippen molar-refractivity contribution in [3.05, 3.63) is 48.0 Å². The molecule has 2 aliphatic rings. The number of likely N-dealkylation sites (tertiary alicyclic amines) is 1. The molecular formula is C22H25NO6S. The molecule has 2 aromatic carbocycles. The van der Waals surface area contributed by atoms with Crippen LogP contribution >= 0.6 is 0 Å². The van der Waals surface area contributed by atoms with Crippen LogP contribution in [0, 0.1) is 0 Å². The third-order valence-electron chi connectivity index (χ3n) is 5.34. The highest BCUT2D eigenvalue weighted by Crippen LogP contribution is 2.38. The second-order valence-corrected chi connectivity index (χ2v) is 9.55. The Hall–Kier alpha value is -2.74. The molecule has 1 amide bonds. The van der Waals surface area contributed by atoms with E-state index in [4.69, 9.17) is 14.2 Å². The highest BCUT2D eigenvalue weighted by atomic mass is 32.2. The van der Waals surface area contributed by atoms with Crippen LogP contribution in [-0.2, 0) is 14.6 Å². The molecule has 8 heteroatoms. The predicted molar refractivity (Wildman–Crippen MR) is 111 cm³/mol. The molecule has 7 nitrogen and oxygen atoms in total. The van der Waals surface area contributed by atoms with E-state index < -0.39 is 9.84 Å². The van der Waals surface area contributed by atoms with E-state index in [2.05, 4.69) is 0 Å². The van der Waals surface area contributed by atoms with Gasteiger partial charge < -0.3 is 19.1 Å². The fourth-order valence-electron chi connectivity index (χ4n) is 3.81. The molecule has 0 aromatic heterocycles. The summed E-state index contributed by atoms with van der Waals surface area (Å²) in [6, 6.07) is 11.9. The normalized spacial score (nSPS) is 18.7. The van der Waals surface area contributed by atoms with E-state index >= 15 is 0 Å². The quantitative estimate of drug-likeness (QED) is 0.724. The van der Waals surface area contributed by atoms with Crippen LogP contribution in [0.25, 0.3) is 0 Å². The first kappa shape index (κ1) is 20.5. The maximum Gasteiger partial charge on any atom is 0.261 e. The van der Waals surface area contributed by atoms with Crippen LogP contribution in [0.5, 0.6) is 17.2 Å². The molecular weight excluding hydrogens is 406 g/mol. The first-order valence-corrected chi connectivity index (χ1v) is 11.9. The lowest BCUT2D eigenvalue weighted by molar-refractivity contribution is -0.134. The van der Waals surface area contributed by atoms with Gasteiger partial charge in [-0.3, -0.25) is 4.79 Å². The highest BCUT2D eigenvalue weighted by molar-refractivity contribution is 7.90. The molecule has 1 unspecified atom stereocenters. The summed E-state index contributed by atoms with van der Waals surface area (Å²) in [6.45, 7) is 1.84. The van der Waals surface area contributed by atoms with Crippen LogP contribution in [0.3, 0.4) is 0 Å². The Labute approximate surface area is 176 Å². The van der Waals surface area contributed by atoms with Crippen molar-refractivity contribution < 1.29 is 27.4 Å². The number of fused-ring (bicyclic) bond motifs is 1. The molecule has 0 N–H and O–H groups in total. The number of carbonyl (C=O) groups is 1. The summed E-state index contributed by atoms with van der Waals surface area (Å²) in [5.41, 5.74) is 1.03. The molecule has 0 bridgehead atoms. The third kappa shape index (κ3) is 4.53. The first-order chi connectivity index (χ1) is 14.4. The molecule has 30 heavy (non-hydrogen) atoms. The Morgan fingerprint density at radius 3 is 2.53 bits per heavy atom. The fraction of sp³-hybridized carbons (Fsp3) is 0.409. The van der Waals surface area contributed by atoms with Gasteiger partial charge in [0.15, 0.2) is 27.9 Å². The molecule has 0 radical (unpaired) electrons. The van der Waals surface area contributed by atoms with Gasteiger partial charge in [0, 0.05) is 19.2 Å². The topological polar surface area (TPSA) is 82.1 Å². The number of amides is 1. The molecule has 2 aliphatic heterocycles. The Bertz CT molecular complexity index is 1020. The van der Waals surface area contributed by atoms with Gasteiger partial charge in [-0.2, -0.15) is 0 Å². The summed E-state index contributed by atoms with van der Waals surface area (Å²) in [5.74, 6) is 1.83. The summed E-state index contributed by atoms with van der Waals surface area (Å²) in [6.07, 6.45) is 3.81. The van der Waals surface area contributed by atoms with E-state index in [1.807, 2.05) is 23.1 Å². The molecule has 2 heterocycles. The van der Waals surface area contributed by atoms with Crippen LogP contribution < -0.4 is 14.2 Å². The summed E-state index contributed by atoms with van der Waals surface area (Å²) >= 11 is 0. The molecule has 1 fully saturated rings. The second-order valence-electron chi connectivity index (χ2n) is 7.53. The average Bonchev–Trinajstić information content (AvgIpc) is 3.10. The smallest absolute Gasteiger partial charge is 0.261 e. The van der Waals surface area contributed by atoms with Crippen molar-refractivity contribution in [2.75, 3.05) is 32.6 Å². The SMILES string of the molecule is CS(=O)(=O)c1ccc(OCC(=O)N2CCCC2c2ccc3c(c2)OCCCO3)cc1. The minimum Gasteiger partial charge on any atom is -0.490 e. The largest absolute Gasteiger partial charge is 0.490 e. The maximum absolute atomic E-state index is 12.8. The number of ether oxygens (including phenoxy) is 3. The van der Waals surface area contributed by atoms with Gasteiger partial charge in [0.2, 0.25) is 0 Å². The van der Waals surface area contributed by atoms with Crippen molar-refractivity contribution in [1.82, 2.24) is 4.90 Å². The standard InChI is InChI=1S/C22H25NO6S/c1-30(25,26)18-8-6-17(7-9-18)29-15-22(24)23-11-2-4-19(23)16-5-10-20-21(14-16)28-13-3-12-27-20/h5-10,14,19H,2-4,11-13,15H2,1H3. The van der Waals surface area contributed by atoms with Crippen molar-refractivity contribution in [2.45, 2.75) is 30.2 Å². The van der Waals surface area contributed by atoms with Gasteiger partial charge in [0.25, 0.3) is 5.91 Å². The van der Waals surface area contributed by atoms with Crippen LogP contribution in [0.15, 0.2) is 47.4 Å². The Balaban J connectivity index is 1.42. The molecule has 0 spiro atoms. The van der Waals surface area contributed by atoms with E-state index in [1.54, 1.807) is 12.1 Å². The van der Waals surface area contributed by atoms with Gasteiger partial charge in [-0.15, -0.1) is 0 Å². The van der Waals surface area contributed by atoms with Gasteiger partial charge in [-0.1, -0.05) is 6.07 Å². The van der Waals surface area contributed by atoms with Crippen molar-refractivity contribution in [3.63, 3.8) is 0 Å². The number of hydrogen-bond acceptors (Lipinski definition) is 6. The molecule has 1 atom stereocenters. The maximum atomic E-state index is 12.8. The lowest BCUT2D eigenvalue weighted by atomic mass is 10.0. The number of carbonyl (C=O) groups excluding carboxylic acids is 1. The zero-order valence-electron chi connectivity index (χ0n) is 16.9. The van der Waals surface area contributed by atoms with Crippen LogP contribution in [0.4, 0.5) is 0 Å². The third-order valence-corrected chi connectivity index (χ3v) is 6.47.